The van der Waals surface area contributed by atoms with Gasteiger partial charge in [0.2, 0.25) is 0 Å². The molecule has 1 amide bonds. The lowest BCUT2D eigenvalue weighted by Gasteiger charge is -2.12. The number of amides is 1. The number of thiocarbonyl (C=S) groups is 1. The maximum Gasteiger partial charge on any atom is 0.269 e. The van der Waals surface area contributed by atoms with Crippen LogP contribution in [0.15, 0.2) is 48.5 Å². The Morgan fingerprint density at radius 1 is 1.05 bits per heavy atom. The van der Waals surface area contributed by atoms with Gasteiger partial charge in [-0.25, -0.2) is 4.39 Å². The minimum atomic E-state index is -0.432. The summed E-state index contributed by atoms with van der Waals surface area (Å²) in [5.41, 5.74) is 5.87. The minimum Gasteiger partial charge on any atom is -0.330 e. The second kappa shape index (κ2) is 7.01. The molecule has 0 aliphatic heterocycles. The van der Waals surface area contributed by atoms with Crippen molar-refractivity contribution in [2.45, 2.75) is 0 Å². The van der Waals surface area contributed by atoms with E-state index < -0.39 is 11.7 Å². The number of nitrogens with one attached hydrogen (secondary N) is 3. The summed E-state index contributed by atoms with van der Waals surface area (Å²) in [6.45, 7) is 0. The largest absolute Gasteiger partial charge is 0.330 e. The van der Waals surface area contributed by atoms with Gasteiger partial charge >= 0.3 is 0 Å². The lowest BCUT2D eigenvalue weighted by molar-refractivity contribution is 0.0944. The molecule has 0 atom stereocenters. The molecule has 2 rings (SSSR count). The molecular formula is C14H11ClFN3OS. The lowest BCUT2D eigenvalue weighted by Crippen LogP contribution is -2.43. The highest BCUT2D eigenvalue weighted by molar-refractivity contribution is 7.80. The van der Waals surface area contributed by atoms with Crippen molar-refractivity contribution in [2.75, 3.05) is 5.32 Å². The van der Waals surface area contributed by atoms with Crippen LogP contribution in [0.5, 0.6) is 0 Å². The van der Waals surface area contributed by atoms with Crippen molar-refractivity contribution >= 4 is 40.5 Å². The number of para-hydroxylation sites is 1. The molecule has 0 heterocycles. The van der Waals surface area contributed by atoms with Crippen molar-refractivity contribution < 1.29 is 9.18 Å². The number of benzene rings is 2. The number of carbonyl (C=O) groups excluding carboxylic acids is 1. The first-order valence-electron chi connectivity index (χ1n) is 5.93. The van der Waals surface area contributed by atoms with Crippen LogP contribution in [-0.4, -0.2) is 11.0 Å². The van der Waals surface area contributed by atoms with Crippen LogP contribution >= 0.6 is 23.8 Å². The van der Waals surface area contributed by atoms with Gasteiger partial charge in [-0.2, -0.15) is 0 Å². The van der Waals surface area contributed by atoms with Gasteiger partial charge in [-0.15, -0.1) is 0 Å². The van der Waals surface area contributed by atoms with E-state index >= 15 is 0 Å². The fourth-order valence-electron chi connectivity index (χ4n) is 1.50. The molecule has 0 radical (unpaired) electrons. The molecule has 7 heteroatoms. The molecule has 0 spiro atoms. The van der Waals surface area contributed by atoms with E-state index in [-0.39, 0.29) is 5.11 Å². The van der Waals surface area contributed by atoms with Crippen molar-refractivity contribution in [1.82, 2.24) is 10.9 Å². The first kappa shape index (κ1) is 15.2. The van der Waals surface area contributed by atoms with Gasteiger partial charge < -0.3 is 5.32 Å². The average Bonchev–Trinajstić information content (AvgIpc) is 2.48. The Labute approximate surface area is 131 Å². The number of rotatable bonds is 2. The van der Waals surface area contributed by atoms with Crippen molar-refractivity contribution in [3.8, 4) is 0 Å². The third kappa shape index (κ3) is 4.40. The number of hydrogen-bond donors (Lipinski definition) is 3. The number of anilines is 1. The number of halogens is 2. The fraction of sp³-hybridized carbons (Fsp3) is 0. The standard InChI is InChI=1S/C14H11ClFN3OS/c15-11-3-1-2-4-12(11)17-14(21)19-18-13(20)9-5-7-10(16)8-6-9/h1-8H,(H,18,20)(H2,17,19,21). The molecule has 0 unspecified atom stereocenters. The van der Waals surface area contributed by atoms with Gasteiger partial charge in [0.25, 0.3) is 5.91 Å². The second-order valence-corrected chi connectivity index (χ2v) is 4.84. The van der Waals surface area contributed by atoms with E-state index in [1.54, 1.807) is 24.3 Å². The Morgan fingerprint density at radius 3 is 2.38 bits per heavy atom. The smallest absolute Gasteiger partial charge is 0.269 e. The molecule has 21 heavy (non-hydrogen) atoms. The highest BCUT2D eigenvalue weighted by Crippen LogP contribution is 2.19. The van der Waals surface area contributed by atoms with Crippen molar-refractivity contribution in [3.05, 3.63) is 64.9 Å². The van der Waals surface area contributed by atoms with Crippen LogP contribution in [0.4, 0.5) is 10.1 Å². The van der Waals surface area contributed by atoms with Crippen molar-refractivity contribution in [2.24, 2.45) is 0 Å². The summed E-state index contributed by atoms with van der Waals surface area (Å²) < 4.78 is 12.8. The molecule has 0 bridgehead atoms. The van der Waals surface area contributed by atoms with Crippen LogP contribution in [-0.2, 0) is 0 Å². The number of carbonyl (C=O) groups is 1. The Balaban J connectivity index is 1.88. The Bertz CT molecular complexity index is 664. The van der Waals surface area contributed by atoms with Gasteiger partial charge in [0.15, 0.2) is 5.11 Å². The van der Waals surface area contributed by atoms with E-state index in [0.29, 0.717) is 16.3 Å². The average molecular weight is 324 g/mol. The van der Waals surface area contributed by atoms with Crippen LogP contribution in [0.2, 0.25) is 5.02 Å². The van der Waals surface area contributed by atoms with Gasteiger partial charge in [-0.1, -0.05) is 23.7 Å². The number of hydrazine groups is 1. The van der Waals surface area contributed by atoms with E-state index in [9.17, 15) is 9.18 Å². The monoisotopic (exact) mass is 323 g/mol. The first-order valence-corrected chi connectivity index (χ1v) is 6.72. The zero-order valence-corrected chi connectivity index (χ0v) is 12.3. The summed E-state index contributed by atoms with van der Waals surface area (Å²) in [5, 5.41) is 3.53. The van der Waals surface area contributed by atoms with Crippen LogP contribution < -0.4 is 16.2 Å². The highest BCUT2D eigenvalue weighted by atomic mass is 35.5. The van der Waals surface area contributed by atoms with E-state index in [4.69, 9.17) is 23.8 Å². The zero-order chi connectivity index (χ0) is 15.2. The topological polar surface area (TPSA) is 53.2 Å². The molecule has 108 valence electrons. The van der Waals surface area contributed by atoms with Gasteiger partial charge in [0.1, 0.15) is 5.82 Å². The van der Waals surface area contributed by atoms with Gasteiger partial charge in [-0.3, -0.25) is 15.6 Å². The van der Waals surface area contributed by atoms with Crippen LogP contribution in [0, 0.1) is 5.82 Å². The molecule has 0 aromatic heterocycles. The van der Waals surface area contributed by atoms with Crippen molar-refractivity contribution in [1.29, 1.82) is 0 Å². The Hall–Kier alpha value is -2.18. The Morgan fingerprint density at radius 2 is 1.71 bits per heavy atom. The molecule has 4 nitrogen and oxygen atoms in total. The van der Waals surface area contributed by atoms with E-state index in [0.717, 1.165) is 0 Å². The third-order valence-corrected chi connectivity index (χ3v) is 3.05. The maximum atomic E-state index is 12.8. The molecule has 0 aliphatic rings. The number of hydrogen-bond acceptors (Lipinski definition) is 2. The molecular weight excluding hydrogens is 313 g/mol. The molecule has 0 fully saturated rings. The van der Waals surface area contributed by atoms with Crippen LogP contribution in [0.25, 0.3) is 0 Å². The predicted octanol–water partition coefficient (Wildman–Crippen LogP) is 3.11. The molecule has 0 saturated heterocycles. The zero-order valence-electron chi connectivity index (χ0n) is 10.7. The SMILES string of the molecule is O=C(NNC(=S)Nc1ccccc1Cl)c1ccc(F)cc1. The second-order valence-electron chi connectivity index (χ2n) is 4.02. The van der Waals surface area contributed by atoms with Gasteiger partial charge in [0, 0.05) is 5.56 Å². The van der Waals surface area contributed by atoms with Crippen LogP contribution in [0.3, 0.4) is 0 Å². The summed E-state index contributed by atoms with van der Waals surface area (Å²) in [4.78, 5) is 11.8. The molecule has 2 aromatic carbocycles. The van der Waals surface area contributed by atoms with E-state index in [2.05, 4.69) is 16.2 Å². The minimum absolute atomic E-state index is 0.179. The maximum absolute atomic E-state index is 12.8. The summed E-state index contributed by atoms with van der Waals surface area (Å²) in [7, 11) is 0. The normalized spacial score (nSPS) is 9.81. The molecule has 0 aliphatic carbocycles. The summed E-state index contributed by atoms with van der Waals surface area (Å²) >= 11 is 11.0. The van der Waals surface area contributed by atoms with Crippen LogP contribution in [0.1, 0.15) is 10.4 Å². The third-order valence-electron chi connectivity index (χ3n) is 2.52. The summed E-state index contributed by atoms with van der Waals surface area (Å²) in [6, 6.07) is 12.2. The first-order chi connectivity index (χ1) is 10.1. The lowest BCUT2D eigenvalue weighted by atomic mass is 10.2. The fourth-order valence-corrected chi connectivity index (χ4v) is 1.85. The molecule has 3 N–H and O–H groups in total. The molecule has 0 saturated carbocycles. The predicted molar refractivity (Wildman–Crippen MR) is 84.7 cm³/mol. The van der Waals surface area contributed by atoms with E-state index in [1.165, 1.54) is 24.3 Å². The summed E-state index contributed by atoms with van der Waals surface area (Å²) in [6.07, 6.45) is 0. The quantitative estimate of drug-likeness (QED) is 0.587. The summed E-state index contributed by atoms with van der Waals surface area (Å²) in [5.74, 6) is -0.839. The van der Waals surface area contributed by atoms with E-state index in [1.807, 2.05) is 0 Å². The molecule has 2 aromatic rings. The van der Waals surface area contributed by atoms with Gasteiger partial charge in [0.05, 0.1) is 10.7 Å². The van der Waals surface area contributed by atoms with Gasteiger partial charge in [-0.05, 0) is 48.6 Å². The Kier molecular flexibility index (Phi) is 5.08. The highest BCUT2D eigenvalue weighted by Gasteiger charge is 2.06. The van der Waals surface area contributed by atoms with Crippen molar-refractivity contribution in [3.63, 3.8) is 0 Å².